The summed E-state index contributed by atoms with van der Waals surface area (Å²) >= 11 is 0. The number of hydrogen-bond donors (Lipinski definition) is 2. The van der Waals surface area contributed by atoms with Gasteiger partial charge in [0.05, 0.1) is 0 Å². The molecule has 0 atom stereocenters. The summed E-state index contributed by atoms with van der Waals surface area (Å²) in [6, 6.07) is 6.14. The van der Waals surface area contributed by atoms with Crippen molar-refractivity contribution in [2.75, 3.05) is 19.4 Å². The maximum Gasteiger partial charge on any atom is 0.303 e. The number of benzene rings is 1. The molecule has 2 aromatic rings. The lowest BCUT2D eigenvalue weighted by Gasteiger charge is -2.20. The fourth-order valence-corrected chi connectivity index (χ4v) is 2.56. The van der Waals surface area contributed by atoms with Crippen LogP contribution in [0.5, 0.6) is 0 Å². The minimum atomic E-state index is -3.89. The average molecular weight is 380 g/mol. The van der Waals surface area contributed by atoms with Crippen molar-refractivity contribution in [3.63, 3.8) is 0 Å². The van der Waals surface area contributed by atoms with E-state index in [9.17, 15) is 13.2 Å². The number of oxazole rings is 1. The van der Waals surface area contributed by atoms with E-state index >= 15 is 0 Å². The molecular formula is C17H24N4O4S. The second-order valence-electron chi connectivity index (χ2n) is 7.16. The molecule has 9 heteroatoms. The van der Waals surface area contributed by atoms with Crippen LogP contribution in [-0.2, 0) is 15.6 Å². The number of hydrogen-bond acceptors (Lipinski definition) is 6. The Morgan fingerprint density at radius 3 is 2.46 bits per heavy atom. The fraction of sp³-hybridized carbons (Fsp3) is 0.412. The fourth-order valence-electron chi connectivity index (χ4n) is 2.03. The number of rotatable bonds is 5. The molecule has 0 aliphatic rings. The summed E-state index contributed by atoms with van der Waals surface area (Å²) in [5, 5.41) is 3.03. The molecule has 1 aromatic carbocycles. The van der Waals surface area contributed by atoms with Gasteiger partial charge in [0.2, 0.25) is 0 Å². The van der Waals surface area contributed by atoms with E-state index in [4.69, 9.17) is 4.42 Å². The quantitative estimate of drug-likeness (QED) is 0.826. The summed E-state index contributed by atoms with van der Waals surface area (Å²) in [5.74, 6) is -0.865. The summed E-state index contributed by atoms with van der Waals surface area (Å²) < 4.78 is 31.5. The van der Waals surface area contributed by atoms with Crippen molar-refractivity contribution >= 4 is 27.8 Å². The molecule has 1 heterocycles. The Balaban J connectivity index is 2.20. The first-order chi connectivity index (χ1) is 11.9. The number of aryl methyl sites for hydroxylation is 1. The molecule has 8 nitrogen and oxygen atoms in total. The maximum absolute atomic E-state index is 12.0. The van der Waals surface area contributed by atoms with Gasteiger partial charge in [-0.3, -0.25) is 4.79 Å². The Kier molecular flexibility index (Phi) is 5.43. The molecule has 0 spiro atoms. The highest BCUT2D eigenvalue weighted by atomic mass is 32.2. The molecular weight excluding hydrogens is 356 g/mol. The van der Waals surface area contributed by atoms with Crippen LogP contribution in [-0.4, -0.2) is 37.7 Å². The summed E-state index contributed by atoms with van der Waals surface area (Å²) in [7, 11) is -1.26. The Bertz CT molecular complexity index is 911. The summed E-state index contributed by atoms with van der Waals surface area (Å²) in [6.45, 7) is 8.27. The van der Waals surface area contributed by atoms with Crippen molar-refractivity contribution in [3.8, 4) is 0 Å². The zero-order chi connectivity index (χ0) is 19.7. The molecule has 1 aromatic heterocycles. The lowest BCUT2D eigenvalue weighted by Crippen LogP contribution is -2.39. The van der Waals surface area contributed by atoms with Crippen LogP contribution in [0.3, 0.4) is 0 Å². The SMILES string of the molecule is Cc1ccc(C(C)(C)C)cc1Nc1nc(C(=O)NS(=O)(=O)N(C)C)co1. The second-order valence-corrected chi connectivity index (χ2v) is 9.05. The van der Waals surface area contributed by atoms with Gasteiger partial charge in [0, 0.05) is 19.8 Å². The summed E-state index contributed by atoms with van der Waals surface area (Å²) in [6.07, 6.45) is 1.10. The van der Waals surface area contributed by atoms with Crippen molar-refractivity contribution in [2.24, 2.45) is 0 Å². The third-order valence-electron chi connectivity index (χ3n) is 3.78. The van der Waals surface area contributed by atoms with Crippen molar-refractivity contribution in [3.05, 3.63) is 41.3 Å². The van der Waals surface area contributed by atoms with Gasteiger partial charge in [-0.05, 0) is 29.5 Å². The lowest BCUT2D eigenvalue weighted by atomic mass is 9.86. The molecule has 2 N–H and O–H groups in total. The highest BCUT2D eigenvalue weighted by Gasteiger charge is 2.21. The Morgan fingerprint density at radius 1 is 1.23 bits per heavy atom. The molecule has 142 valence electrons. The molecule has 2 rings (SSSR count). The maximum atomic E-state index is 12.0. The number of anilines is 2. The smallest absolute Gasteiger partial charge is 0.303 e. The lowest BCUT2D eigenvalue weighted by molar-refractivity contribution is 0.0975. The van der Waals surface area contributed by atoms with Crippen LogP contribution in [0.4, 0.5) is 11.7 Å². The van der Waals surface area contributed by atoms with Crippen LogP contribution in [0, 0.1) is 6.92 Å². The molecule has 0 saturated carbocycles. The van der Waals surface area contributed by atoms with Gasteiger partial charge in [-0.1, -0.05) is 32.9 Å². The van der Waals surface area contributed by atoms with Crippen LogP contribution < -0.4 is 10.0 Å². The van der Waals surface area contributed by atoms with Crippen molar-refractivity contribution in [1.29, 1.82) is 0 Å². The van der Waals surface area contributed by atoms with Crippen LogP contribution in [0.1, 0.15) is 42.4 Å². The third-order valence-corrected chi connectivity index (χ3v) is 5.19. The van der Waals surface area contributed by atoms with Crippen LogP contribution in [0.15, 0.2) is 28.9 Å². The molecule has 26 heavy (non-hydrogen) atoms. The minimum absolute atomic E-state index is 0.0215. The molecule has 0 bridgehead atoms. The van der Waals surface area contributed by atoms with Gasteiger partial charge in [0.15, 0.2) is 5.69 Å². The predicted molar refractivity (Wildman–Crippen MR) is 99.7 cm³/mol. The van der Waals surface area contributed by atoms with Gasteiger partial charge >= 0.3 is 10.2 Å². The van der Waals surface area contributed by atoms with Gasteiger partial charge in [-0.2, -0.15) is 17.7 Å². The highest BCUT2D eigenvalue weighted by molar-refractivity contribution is 7.87. The van der Waals surface area contributed by atoms with Gasteiger partial charge in [-0.25, -0.2) is 4.72 Å². The predicted octanol–water partition coefficient (Wildman–Crippen LogP) is 2.56. The Labute approximate surface area is 153 Å². The number of carbonyl (C=O) groups excluding carboxylic acids is 1. The van der Waals surface area contributed by atoms with E-state index in [0.29, 0.717) is 0 Å². The zero-order valence-corrected chi connectivity index (χ0v) is 16.6. The average Bonchev–Trinajstić information content (AvgIpc) is 2.96. The second kappa shape index (κ2) is 7.08. The number of nitrogens with zero attached hydrogens (tertiary/aromatic N) is 2. The summed E-state index contributed by atoms with van der Waals surface area (Å²) in [5.41, 5.74) is 2.76. The number of aromatic nitrogens is 1. The zero-order valence-electron chi connectivity index (χ0n) is 15.7. The first-order valence-electron chi connectivity index (χ1n) is 7.98. The van der Waals surface area contributed by atoms with Crippen molar-refractivity contribution in [2.45, 2.75) is 33.1 Å². The van der Waals surface area contributed by atoms with E-state index in [1.54, 1.807) is 0 Å². The number of carbonyl (C=O) groups is 1. The minimum Gasteiger partial charge on any atom is -0.431 e. The van der Waals surface area contributed by atoms with Gasteiger partial charge in [-0.15, -0.1) is 0 Å². The van der Waals surface area contributed by atoms with Crippen LogP contribution >= 0.6 is 0 Å². The molecule has 0 aliphatic heterocycles. The molecule has 0 aliphatic carbocycles. The first kappa shape index (κ1) is 19.9. The highest BCUT2D eigenvalue weighted by Crippen LogP contribution is 2.28. The van der Waals surface area contributed by atoms with E-state index in [-0.39, 0.29) is 17.1 Å². The van der Waals surface area contributed by atoms with Crippen LogP contribution in [0.25, 0.3) is 0 Å². The van der Waals surface area contributed by atoms with Gasteiger partial charge in [0.1, 0.15) is 6.26 Å². The van der Waals surface area contributed by atoms with Crippen molar-refractivity contribution < 1.29 is 17.6 Å². The van der Waals surface area contributed by atoms with Gasteiger partial charge < -0.3 is 9.73 Å². The Hall–Kier alpha value is -2.39. The van der Waals surface area contributed by atoms with E-state index < -0.39 is 16.1 Å². The first-order valence-corrected chi connectivity index (χ1v) is 9.42. The molecule has 1 amide bonds. The van der Waals surface area contributed by atoms with E-state index in [0.717, 1.165) is 27.4 Å². The number of nitrogens with one attached hydrogen (secondary N) is 2. The molecule has 0 saturated heterocycles. The monoisotopic (exact) mass is 380 g/mol. The summed E-state index contributed by atoms with van der Waals surface area (Å²) in [4.78, 5) is 16.0. The molecule has 0 fully saturated rings. The van der Waals surface area contributed by atoms with E-state index in [1.807, 2.05) is 23.8 Å². The van der Waals surface area contributed by atoms with Crippen molar-refractivity contribution in [1.82, 2.24) is 14.0 Å². The molecule has 0 radical (unpaired) electrons. The standard InChI is InChI=1S/C17H24N4O4S/c1-11-7-8-12(17(2,3)4)9-13(11)18-16-19-14(10-25-16)15(22)20-26(23,24)21(5)6/h7-10H,1-6H3,(H,18,19)(H,20,22). The topological polar surface area (TPSA) is 105 Å². The van der Waals surface area contributed by atoms with Gasteiger partial charge in [0.25, 0.3) is 11.9 Å². The number of amides is 1. The largest absolute Gasteiger partial charge is 0.431 e. The Morgan fingerprint density at radius 2 is 1.88 bits per heavy atom. The van der Waals surface area contributed by atoms with Crippen LogP contribution in [0.2, 0.25) is 0 Å². The normalized spacial score (nSPS) is 12.3. The van der Waals surface area contributed by atoms with E-state index in [1.165, 1.54) is 14.1 Å². The third kappa shape index (κ3) is 4.61. The molecule has 0 unspecified atom stereocenters. The van der Waals surface area contributed by atoms with E-state index in [2.05, 4.69) is 37.1 Å².